The van der Waals surface area contributed by atoms with Gasteiger partial charge in [0.15, 0.2) is 11.5 Å². The average Bonchev–Trinajstić information content (AvgIpc) is 3.17. The second kappa shape index (κ2) is 12.1. The largest absolute Gasteiger partial charge is 0.488 e. The molecule has 192 valence electrons. The Balaban J connectivity index is 1.57. The predicted octanol–water partition coefficient (Wildman–Crippen LogP) is 4.07. The van der Waals surface area contributed by atoms with Crippen LogP contribution in [0.4, 0.5) is 5.69 Å². The Morgan fingerprint density at radius 1 is 1.26 bits per heavy atom. The van der Waals surface area contributed by atoms with Gasteiger partial charge in [-0.3, -0.25) is 4.79 Å². The molecule has 1 aliphatic heterocycles. The van der Waals surface area contributed by atoms with Gasteiger partial charge in [0.25, 0.3) is 5.91 Å². The van der Waals surface area contributed by atoms with E-state index in [1.807, 2.05) is 45.0 Å². The molecular formula is C27H38BrN3O4. The molecule has 0 aliphatic carbocycles. The SMILES string of the molecule is CC(Cc1cc2c(c(C(N)=O)c1)N(CCCO)CC2)NCCOc1ccc(Br)cc1OC(C)(C)C. The summed E-state index contributed by atoms with van der Waals surface area (Å²) in [7, 11) is 0. The number of anilines is 1. The summed E-state index contributed by atoms with van der Waals surface area (Å²) in [6, 6.07) is 10.1. The number of nitrogens with two attached hydrogens (primary N) is 1. The van der Waals surface area contributed by atoms with Crippen molar-refractivity contribution in [3.63, 3.8) is 0 Å². The van der Waals surface area contributed by atoms with E-state index in [0.29, 0.717) is 36.6 Å². The molecule has 1 amide bonds. The molecule has 1 aliphatic rings. The van der Waals surface area contributed by atoms with E-state index in [2.05, 4.69) is 39.1 Å². The summed E-state index contributed by atoms with van der Waals surface area (Å²) >= 11 is 3.49. The van der Waals surface area contributed by atoms with Crippen LogP contribution >= 0.6 is 15.9 Å². The molecule has 0 spiro atoms. The second-order valence-corrected chi connectivity index (χ2v) is 11.0. The number of ether oxygens (including phenoxy) is 2. The third-order valence-electron chi connectivity index (χ3n) is 5.78. The van der Waals surface area contributed by atoms with E-state index in [0.717, 1.165) is 47.2 Å². The van der Waals surface area contributed by atoms with Crippen LogP contribution in [0.1, 0.15) is 55.6 Å². The highest BCUT2D eigenvalue weighted by molar-refractivity contribution is 9.10. The molecule has 8 heteroatoms. The number of fused-ring (bicyclic) bond motifs is 1. The molecule has 3 rings (SSSR count). The maximum absolute atomic E-state index is 12.2. The normalized spacial score (nSPS) is 14.1. The smallest absolute Gasteiger partial charge is 0.250 e. The van der Waals surface area contributed by atoms with Crippen molar-refractivity contribution in [1.82, 2.24) is 5.32 Å². The Morgan fingerprint density at radius 2 is 2.03 bits per heavy atom. The molecule has 0 fully saturated rings. The molecule has 0 saturated heterocycles. The highest BCUT2D eigenvalue weighted by atomic mass is 79.9. The Bertz CT molecular complexity index is 1020. The molecule has 0 bridgehead atoms. The molecule has 1 heterocycles. The quantitative estimate of drug-likeness (QED) is 0.346. The highest BCUT2D eigenvalue weighted by Crippen LogP contribution is 2.34. The number of aliphatic hydroxyl groups is 1. The number of hydrogen-bond donors (Lipinski definition) is 3. The van der Waals surface area contributed by atoms with Crippen LogP contribution in [0, 0.1) is 0 Å². The minimum atomic E-state index is -0.407. The molecule has 1 atom stereocenters. The summed E-state index contributed by atoms with van der Waals surface area (Å²) in [6.07, 6.45) is 2.34. The number of nitrogens with one attached hydrogen (secondary N) is 1. The lowest BCUT2D eigenvalue weighted by Crippen LogP contribution is -2.32. The van der Waals surface area contributed by atoms with Crippen LogP contribution in [-0.4, -0.2) is 55.5 Å². The number of rotatable bonds is 12. The Hall–Kier alpha value is -2.29. The summed E-state index contributed by atoms with van der Waals surface area (Å²) in [5.74, 6) is 1.02. The Kier molecular flexibility index (Phi) is 9.44. The van der Waals surface area contributed by atoms with Crippen LogP contribution < -0.4 is 25.4 Å². The van der Waals surface area contributed by atoms with E-state index in [1.165, 1.54) is 0 Å². The molecule has 0 aromatic heterocycles. The molecule has 35 heavy (non-hydrogen) atoms. The Labute approximate surface area is 217 Å². The number of amides is 1. The van der Waals surface area contributed by atoms with Gasteiger partial charge in [-0.1, -0.05) is 22.0 Å². The summed E-state index contributed by atoms with van der Waals surface area (Å²) < 4.78 is 13.0. The Morgan fingerprint density at radius 3 is 2.71 bits per heavy atom. The molecule has 0 saturated carbocycles. The number of benzene rings is 2. The predicted molar refractivity (Wildman–Crippen MR) is 144 cm³/mol. The van der Waals surface area contributed by atoms with Gasteiger partial charge in [0.05, 0.1) is 11.3 Å². The highest BCUT2D eigenvalue weighted by Gasteiger charge is 2.25. The second-order valence-electron chi connectivity index (χ2n) is 10.0. The van der Waals surface area contributed by atoms with Crippen LogP contribution in [-0.2, 0) is 12.8 Å². The van der Waals surface area contributed by atoms with Gasteiger partial charge in [0, 0.05) is 36.8 Å². The van der Waals surface area contributed by atoms with Crippen molar-refractivity contribution in [2.75, 3.05) is 37.7 Å². The monoisotopic (exact) mass is 547 g/mol. The first kappa shape index (κ1) is 27.3. The van der Waals surface area contributed by atoms with Crippen molar-refractivity contribution >= 4 is 27.5 Å². The number of carbonyl (C=O) groups excluding carboxylic acids is 1. The fourth-order valence-electron chi connectivity index (χ4n) is 4.39. The van der Waals surface area contributed by atoms with E-state index in [-0.39, 0.29) is 18.2 Å². The van der Waals surface area contributed by atoms with Crippen LogP contribution in [0.25, 0.3) is 0 Å². The number of carbonyl (C=O) groups is 1. The third kappa shape index (κ3) is 7.85. The van der Waals surface area contributed by atoms with Crippen molar-refractivity contribution in [3.05, 3.63) is 51.5 Å². The van der Waals surface area contributed by atoms with Crippen LogP contribution in [0.15, 0.2) is 34.8 Å². The van der Waals surface area contributed by atoms with Gasteiger partial charge in [-0.05, 0) is 82.3 Å². The first-order chi connectivity index (χ1) is 16.6. The van der Waals surface area contributed by atoms with E-state index < -0.39 is 5.91 Å². The van der Waals surface area contributed by atoms with Gasteiger partial charge in [-0.25, -0.2) is 0 Å². The summed E-state index contributed by atoms with van der Waals surface area (Å²) in [4.78, 5) is 14.4. The molecular weight excluding hydrogens is 510 g/mol. The van der Waals surface area contributed by atoms with Gasteiger partial charge in [0.2, 0.25) is 0 Å². The molecule has 2 aromatic rings. The molecule has 1 unspecified atom stereocenters. The van der Waals surface area contributed by atoms with E-state index >= 15 is 0 Å². The van der Waals surface area contributed by atoms with Crippen molar-refractivity contribution in [2.45, 2.75) is 58.6 Å². The third-order valence-corrected chi connectivity index (χ3v) is 6.28. The zero-order valence-corrected chi connectivity index (χ0v) is 22.8. The first-order valence-electron chi connectivity index (χ1n) is 12.2. The lowest BCUT2D eigenvalue weighted by atomic mass is 9.98. The van der Waals surface area contributed by atoms with Gasteiger partial charge in [-0.2, -0.15) is 0 Å². The molecule has 4 N–H and O–H groups in total. The molecule has 7 nitrogen and oxygen atoms in total. The van der Waals surface area contributed by atoms with Crippen molar-refractivity contribution in [2.24, 2.45) is 5.73 Å². The van der Waals surface area contributed by atoms with E-state index in [4.69, 9.17) is 15.2 Å². The topological polar surface area (TPSA) is 97.1 Å². The van der Waals surface area contributed by atoms with Crippen LogP contribution in [0.5, 0.6) is 11.5 Å². The average molecular weight is 549 g/mol. The van der Waals surface area contributed by atoms with Crippen molar-refractivity contribution < 1.29 is 19.4 Å². The minimum Gasteiger partial charge on any atom is -0.488 e. The first-order valence-corrected chi connectivity index (χ1v) is 13.0. The zero-order valence-electron chi connectivity index (χ0n) is 21.2. The summed E-state index contributed by atoms with van der Waals surface area (Å²) in [6.45, 7) is 11.0. The van der Waals surface area contributed by atoms with Crippen LogP contribution in [0.3, 0.4) is 0 Å². The van der Waals surface area contributed by atoms with Gasteiger partial charge in [0.1, 0.15) is 12.2 Å². The van der Waals surface area contributed by atoms with E-state index in [1.54, 1.807) is 0 Å². The fourth-order valence-corrected chi connectivity index (χ4v) is 4.73. The van der Waals surface area contributed by atoms with Crippen molar-refractivity contribution in [1.29, 1.82) is 0 Å². The molecule has 2 aromatic carbocycles. The van der Waals surface area contributed by atoms with E-state index in [9.17, 15) is 9.90 Å². The maximum atomic E-state index is 12.2. The lowest BCUT2D eigenvalue weighted by Gasteiger charge is -2.23. The fraction of sp³-hybridized carbons (Fsp3) is 0.519. The lowest BCUT2D eigenvalue weighted by molar-refractivity contribution is 0.100. The minimum absolute atomic E-state index is 0.134. The maximum Gasteiger partial charge on any atom is 0.250 e. The molecule has 0 radical (unpaired) electrons. The summed E-state index contributed by atoms with van der Waals surface area (Å²) in [5.41, 5.74) is 9.18. The number of nitrogens with zero attached hydrogens (tertiary/aromatic N) is 1. The number of primary amides is 1. The van der Waals surface area contributed by atoms with Gasteiger partial charge < -0.3 is 30.5 Å². The number of halogens is 1. The number of aliphatic hydroxyl groups excluding tert-OH is 1. The summed E-state index contributed by atoms with van der Waals surface area (Å²) in [5, 5.41) is 12.7. The van der Waals surface area contributed by atoms with Gasteiger partial charge >= 0.3 is 0 Å². The zero-order chi connectivity index (χ0) is 25.6. The van der Waals surface area contributed by atoms with Gasteiger partial charge in [-0.15, -0.1) is 0 Å². The van der Waals surface area contributed by atoms with Crippen molar-refractivity contribution in [3.8, 4) is 11.5 Å². The number of hydrogen-bond acceptors (Lipinski definition) is 6. The van der Waals surface area contributed by atoms with Crippen LogP contribution in [0.2, 0.25) is 0 Å². The standard InChI is InChI=1S/C27H38BrN3O4/c1-18(30-9-13-34-23-7-6-21(28)17-24(23)35-27(2,3)4)14-19-15-20-8-11-31(10-5-12-32)25(20)22(16-19)26(29)33/h6-7,15-18,30,32H,5,8-14H2,1-4H3,(H2,29,33).